The van der Waals surface area contributed by atoms with E-state index < -0.39 is 17.7 Å². The molecule has 1 aromatic carbocycles. The lowest BCUT2D eigenvalue weighted by atomic mass is 9.82. The fourth-order valence-corrected chi connectivity index (χ4v) is 3.32. The fourth-order valence-electron chi connectivity index (χ4n) is 3.32. The molecule has 130 valence electrons. The predicted molar refractivity (Wildman–Crippen MR) is 84.0 cm³/mol. The molecular formula is C17H21FN2O4. The van der Waals surface area contributed by atoms with Crippen molar-refractivity contribution in [3.8, 4) is 5.75 Å². The average molecular weight is 336 g/mol. The fraction of sp³-hybridized carbons (Fsp3) is 0.529. The van der Waals surface area contributed by atoms with E-state index in [1.807, 2.05) is 0 Å². The number of carbonyl (C=O) groups is 2. The van der Waals surface area contributed by atoms with Crippen LogP contribution in [0.25, 0.3) is 0 Å². The number of aliphatic hydroxyl groups is 1. The lowest BCUT2D eigenvalue weighted by Gasteiger charge is -2.30. The molecule has 3 rings (SSSR count). The molecule has 2 fully saturated rings. The van der Waals surface area contributed by atoms with Crippen molar-refractivity contribution in [2.45, 2.75) is 43.7 Å². The molecule has 1 aliphatic carbocycles. The zero-order valence-electron chi connectivity index (χ0n) is 13.3. The van der Waals surface area contributed by atoms with Crippen molar-refractivity contribution in [3.63, 3.8) is 0 Å². The summed E-state index contributed by atoms with van der Waals surface area (Å²) >= 11 is 0. The molecule has 0 bridgehead atoms. The third-order valence-corrected chi connectivity index (χ3v) is 4.60. The van der Waals surface area contributed by atoms with Crippen LogP contribution in [0.15, 0.2) is 24.3 Å². The van der Waals surface area contributed by atoms with E-state index in [0.717, 1.165) is 24.2 Å². The van der Waals surface area contributed by atoms with E-state index in [0.29, 0.717) is 18.6 Å². The number of hydrogen-bond donors (Lipinski definition) is 2. The van der Waals surface area contributed by atoms with Gasteiger partial charge >= 0.3 is 6.03 Å². The van der Waals surface area contributed by atoms with Crippen LogP contribution >= 0.6 is 0 Å². The number of rotatable bonds is 5. The van der Waals surface area contributed by atoms with Gasteiger partial charge in [0.1, 0.15) is 29.8 Å². The quantitative estimate of drug-likeness (QED) is 0.804. The van der Waals surface area contributed by atoms with Crippen LogP contribution < -0.4 is 10.1 Å². The lowest BCUT2D eigenvalue weighted by Crippen LogP contribution is -2.48. The van der Waals surface area contributed by atoms with Crippen molar-refractivity contribution < 1.29 is 23.8 Å². The number of ether oxygens (including phenoxy) is 1. The maximum atomic E-state index is 12.8. The van der Waals surface area contributed by atoms with Gasteiger partial charge < -0.3 is 15.2 Å². The van der Waals surface area contributed by atoms with Crippen molar-refractivity contribution in [2.75, 3.05) is 13.2 Å². The second-order valence-electron chi connectivity index (χ2n) is 6.41. The Morgan fingerprint density at radius 1 is 1.21 bits per heavy atom. The Morgan fingerprint density at radius 3 is 2.54 bits per heavy atom. The summed E-state index contributed by atoms with van der Waals surface area (Å²) in [6, 6.07) is 4.96. The van der Waals surface area contributed by atoms with Crippen molar-refractivity contribution in [3.05, 3.63) is 30.1 Å². The summed E-state index contributed by atoms with van der Waals surface area (Å²) in [5.41, 5.74) is -0.785. The predicted octanol–water partition coefficient (Wildman–Crippen LogP) is 1.82. The van der Waals surface area contributed by atoms with Gasteiger partial charge in [-0.15, -0.1) is 0 Å². The maximum absolute atomic E-state index is 12.8. The highest BCUT2D eigenvalue weighted by Gasteiger charge is 2.51. The van der Waals surface area contributed by atoms with Crippen LogP contribution in [0.4, 0.5) is 9.18 Å². The van der Waals surface area contributed by atoms with Crippen molar-refractivity contribution in [1.82, 2.24) is 10.2 Å². The Hall–Kier alpha value is -2.15. The summed E-state index contributed by atoms with van der Waals surface area (Å²) in [5.74, 6) is -0.218. The highest BCUT2D eigenvalue weighted by Crippen LogP contribution is 2.33. The first-order valence-electron chi connectivity index (χ1n) is 8.21. The average Bonchev–Trinajstić information content (AvgIpc) is 2.79. The summed E-state index contributed by atoms with van der Waals surface area (Å²) < 4.78 is 18.2. The number of aliphatic hydroxyl groups excluding tert-OH is 1. The van der Waals surface area contributed by atoms with Gasteiger partial charge in [0.15, 0.2) is 0 Å². The van der Waals surface area contributed by atoms with E-state index in [-0.39, 0.29) is 24.9 Å². The number of nitrogens with zero attached hydrogens (tertiary/aromatic N) is 1. The summed E-state index contributed by atoms with van der Waals surface area (Å²) in [7, 11) is 0. The summed E-state index contributed by atoms with van der Waals surface area (Å²) in [6.45, 7) is -0.205. The number of urea groups is 1. The smallest absolute Gasteiger partial charge is 0.325 e. The summed E-state index contributed by atoms with van der Waals surface area (Å²) in [4.78, 5) is 25.8. The Bertz CT molecular complexity index is 614. The SMILES string of the molecule is O=C1NC2(CCCCC2)C(=O)N1CC(O)COc1ccc(F)cc1. The molecule has 1 aliphatic heterocycles. The number of β-amino-alcohol motifs (C(OH)–C–C–N with tert-alkyl or cyclic N) is 1. The molecule has 1 spiro atoms. The molecule has 7 heteroatoms. The van der Waals surface area contributed by atoms with E-state index >= 15 is 0 Å². The maximum Gasteiger partial charge on any atom is 0.325 e. The van der Waals surface area contributed by atoms with E-state index in [4.69, 9.17) is 4.74 Å². The molecule has 1 saturated carbocycles. The molecule has 1 atom stereocenters. The van der Waals surface area contributed by atoms with Gasteiger partial charge in [-0.1, -0.05) is 19.3 Å². The van der Waals surface area contributed by atoms with Gasteiger partial charge in [0, 0.05) is 0 Å². The van der Waals surface area contributed by atoms with Gasteiger partial charge in [0.05, 0.1) is 6.54 Å². The highest BCUT2D eigenvalue weighted by molar-refractivity contribution is 6.07. The molecule has 3 amide bonds. The molecule has 24 heavy (non-hydrogen) atoms. The minimum atomic E-state index is -1.01. The molecule has 1 unspecified atom stereocenters. The Balaban J connectivity index is 1.55. The molecule has 0 radical (unpaired) electrons. The number of nitrogens with one attached hydrogen (secondary N) is 1. The molecule has 1 heterocycles. The zero-order valence-corrected chi connectivity index (χ0v) is 13.3. The molecule has 0 aromatic heterocycles. The van der Waals surface area contributed by atoms with Crippen LogP contribution in [-0.2, 0) is 4.79 Å². The number of carbonyl (C=O) groups excluding carboxylic acids is 2. The van der Waals surface area contributed by atoms with E-state index in [9.17, 15) is 19.1 Å². The minimum absolute atomic E-state index is 0.0876. The second kappa shape index (κ2) is 6.76. The van der Waals surface area contributed by atoms with Gasteiger partial charge in [0.25, 0.3) is 5.91 Å². The lowest BCUT2D eigenvalue weighted by molar-refractivity contribution is -0.133. The molecule has 1 saturated heterocycles. The van der Waals surface area contributed by atoms with Crippen LogP contribution in [-0.4, -0.2) is 46.7 Å². The first-order valence-corrected chi connectivity index (χ1v) is 8.21. The number of imide groups is 1. The monoisotopic (exact) mass is 336 g/mol. The Morgan fingerprint density at radius 2 is 1.88 bits per heavy atom. The molecule has 2 aliphatic rings. The van der Waals surface area contributed by atoms with Crippen molar-refractivity contribution >= 4 is 11.9 Å². The molecule has 6 nitrogen and oxygen atoms in total. The van der Waals surface area contributed by atoms with Crippen molar-refractivity contribution in [2.24, 2.45) is 0 Å². The van der Waals surface area contributed by atoms with Crippen LogP contribution in [0.1, 0.15) is 32.1 Å². The number of hydrogen-bond acceptors (Lipinski definition) is 4. The first-order chi connectivity index (χ1) is 11.5. The van der Waals surface area contributed by atoms with Crippen LogP contribution in [0.3, 0.4) is 0 Å². The number of benzene rings is 1. The first kappa shape index (κ1) is 16.7. The number of amides is 3. The Kier molecular flexibility index (Phi) is 4.71. The van der Waals surface area contributed by atoms with E-state index in [1.54, 1.807) is 0 Å². The highest BCUT2D eigenvalue weighted by atomic mass is 19.1. The normalized spacial score (nSPS) is 21.0. The van der Waals surface area contributed by atoms with Gasteiger partial charge in [-0.2, -0.15) is 0 Å². The minimum Gasteiger partial charge on any atom is -0.491 e. The van der Waals surface area contributed by atoms with Gasteiger partial charge in [-0.3, -0.25) is 9.69 Å². The van der Waals surface area contributed by atoms with Crippen molar-refractivity contribution in [1.29, 1.82) is 0 Å². The second-order valence-corrected chi connectivity index (χ2v) is 6.41. The molecule has 2 N–H and O–H groups in total. The summed E-state index contributed by atoms with van der Waals surface area (Å²) in [5, 5.41) is 12.9. The third kappa shape index (κ3) is 3.36. The standard InChI is InChI=1S/C17H21FN2O4/c18-12-4-6-14(7-5-12)24-11-13(21)10-20-15(22)17(19-16(20)23)8-2-1-3-9-17/h4-7,13,21H,1-3,8-11H2,(H,19,23). The van der Waals surface area contributed by atoms with Crippen LogP contribution in [0.2, 0.25) is 0 Å². The van der Waals surface area contributed by atoms with Gasteiger partial charge in [-0.05, 0) is 37.1 Å². The van der Waals surface area contributed by atoms with E-state index in [1.165, 1.54) is 24.3 Å². The third-order valence-electron chi connectivity index (χ3n) is 4.60. The van der Waals surface area contributed by atoms with Crippen LogP contribution in [0.5, 0.6) is 5.75 Å². The topological polar surface area (TPSA) is 78.9 Å². The summed E-state index contributed by atoms with van der Waals surface area (Å²) in [6.07, 6.45) is 3.18. The Labute approximate surface area is 139 Å². The molecular weight excluding hydrogens is 315 g/mol. The van der Waals surface area contributed by atoms with Gasteiger partial charge in [-0.25, -0.2) is 9.18 Å². The van der Waals surface area contributed by atoms with Crippen LogP contribution in [0, 0.1) is 5.82 Å². The van der Waals surface area contributed by atoms with Gasteiger partial charge in [0.2, 0.25) is 0 Å². The van der Waals surface area contributed by atoms with E-state index in [2.05, 4.69) is 5.32 Å². The zero-order chi connectivity index (χ0) is 17.2. The largest absolute Gasteiger partial charge is 0.491 e. The number of halogens is 1. The molecule has 1 aromatic rings.